The van der Waals surface area contributed by atoms with Crippen molar-refractivity contribution >= 4 is 27.9 Å². The van der Waals surface area contributed by atoms with Crippen molar-refractivity contribution in [3.8, 4) is 0 Å². The van der Waals surface area contributed by atoms with Gasteiger partial charge in [0, 0.05) is 0 Å². The molecule has 1 aromatic rings. The van der Waals surface area contributed by atoms with Crippen molar-refractivity contribution in [2.45, 2.75) is 11.2 Å². The molecule has 0 heterocycles. The minimum Gasteiger partial charge on any atom is -0.480 e. The quantitative estimate of drug-likeness (QED) is 0.820. The second-order valence-corrected chi connectivity index (χ2v) is 4.08. The predicted molar refractivity (Wildman–Crippen MR) is 57.5 cm³/mol. The summed E-state index contributed by atoms with van der Waals surface area (Å²) in [6.07, 6.45) is 0.151. The second-order valence-electron chi connectivity index (χ2n) is 2.97. The van der Waals surface area contributed by atoms with Crippen LogP contribution in [-0.2, 0) is 11.2 Å². The molecule has 80 valence electrons. The summed E-state index contributed by atoms with van der Waals surface area (Å²) in [4.78, 5) is 20.6. The molecule has 1 rings (SSSR count). The summed E-state index contributed by atoms with van der Waals surface area (Å²) < 4.78 is 0. The Balaban J connectivity index is 2.94. The van der Waals surface area contributed by atoms with E-state index in [-0.39, 0.29) is 12.0 Å². The lowest BCUT2D eigenvalue weighted by Crippen LogP contribution is -2.17. The van der Waals surface area contributed by atoms with Gasteiger partial charge in [-0.1, -0.05) is 34.1 Å². The van der Waals surface area contributed by atoms with Crippen molar-refractivity contribution in [3.05, 3.63) is 35.4 Å². The third-order valence-corrected chi connectivity index (χ3v) is 2.63. The number of benzene rings is 1. The Hall–Kier alpha value is -1.36. The molecule has 1 aromatic carbocycles. The molecular weight excluding hydrogens is 264 g/mol. The van der Waals surface area contributed by atoms with E-state index in [0.29, 0.717) is 5.56 Å². The summed E-state index contributed by atoms with van der Waals surface area (Å²) >= 11 is 2.97. The first-order valence-corrected chi connectivity index (χ1v) is 5.12. The van der Waals surface area contributed by atoms with Crippen LogP contribution < -0.4 is 0 Å². The molecule has 0 spiro atoms. The molecule has 0 saturated carbocycles. The minimum absolute atomic E-state index is 0.142. The highest BCUT2D eigenvalue weighted by Crippen LogP contribution is 2.15. The van der Waals surface area contributed by atoms with E-state index >= 15 is 0 Å². The van der Waals surface area contributed by atoms with Gasteiger partial charge in [-0.15, -0.1) is 0 Å². The highest BCUT2D eigenvalue weighted by molar-refractivity contribution is 9.10. The van der Waals surface area contributed by atoms with Crippen LogP contribution in [0.15, 0.2) is 24.3 Å². The molecule has 0 aromatic heterocycles. The maximum atomic E-state index is 10.8. The molecule has 5 heteroatoms. The van der Waals surface area contributed by atoms with Crippen LogP contribution in [0.1, 0.15) is 15.9 Å². The lowest BCUT2D eigenvalue weighted by Gasteiger charge is -2.07. The fourth-order valence-corrected chi connectivity index (χ4v) is 1.54. The molecule has 0 aliphatic rings. The number of hydrogen-bond donors (Lipinski definition) is 2. The highest BCUT2D eigenvalue weighted by atomic mass is 79.9. The van der Waals surface area contributed by atoms with Crippen LogP contribution in [0.3, 0.4) is 0 Å². The fraction of sp³-hybridized carbons (Fsp3) is 0.200. The van der Waals surface area contributed by atoms with Crippen LogP contribution >= 0.6 is 15.9 Å². The normalized spacial score (nSPS) is 12.1. The number of carbonyl (C=O) groups is 2. The lowest BCUT2D eigenvalue weighted by atomic mass is 10.0. The summed E-state index contributed by atoms with van der Waals surface area (Å²) in [6.45, 7) is 0. The van der Waals surface area contributed by atoms with Crippen LogP contribution in [0.5, 0.6) is 0 Å². The predicted octanol–water partition coefficient (Wildman–Crippen LogP) is 1.78. The summed E-state index contributed by atoms with van der Waals surface area (Å²) in [5, 5.41) is 17.5. The SMILES string of the molecule is O=C(O)c1ccccc1C[C@@H](Br)C(=O)O. The number of alkyl halides is 1. The van der Waals surface area contributed by atoms with Crippen molar-refractivity contribution in [2.75, 3.05) is 0 Å². The van der Waals surface area contributed by atoms with Crippen LogP contribution in [0.25, 0.3) is 0 Å². The molecule has 1 atom stereocenters. The van der Waals surface area contributed by atoms with Gasteiger partial charge in [0.2, 0.25) is 0 Å². The van der Waals surface area contributed by atoms with Gasteiger partial charge in [-0.25, -0.2) is 4.79 Å². The molecule has 0 saturated heterocycles. The smallest absolute Gasteiger partial charge is 0.335 e. The molecule has 15 heavy (non-hydrogen) atoms. The van der Waals surface area contributed by atoms with Gasteiger partial charge in [0.25, 0.3) is 0 Å². The molecular formula is C10H9BrO4. The molecule has 0 aliphatic heterocycles. The van der Waals surface area contributed by atoms with E-state index in [0.717, 1.165) is 0 Å². The van der Waals surface area contributed by atoms with Crippen molar-refractivity contribution in [2.24, 2.45) is 0 Å². The van der Waals surface area contributed by atoms with Crippen molar-refractivity contribution in [1.82, 2.24) is 0 Å². The third-order valence-electron chi connectivity index (χ3n) is 1.91. The number of carboxylic acids is 2. The van der Waals surface area contributed by atoms with E-state index in [1.165, 1.54) is 6.07 Å². The summed E-state index contributed by atoms with van der Waals surface area (Å²) in [5.41, 5.74) is 0.650. The van der Waals surface area contributed by atoms with E-state index in [1.807, 2.05) is 0 Å². The number of aliphatic carboxylic acids is 1. The monoisotopic (exact) mass is 272 g/mol. The van der Waals surface area contributed by atoms with Crippen LogP contribution in [0.2, 0.25) is 0 Å². The molecule has 2 N–H and O–H groups in total. The molecule has 0 amide bonds. The average molecular weight is 273 g/mol. The van der Waals surface area contributed by atoms with Gasteiger partial charge in [-0.05, 0) is 18.1 Å². The van der Waals surface area contributed by atoms with E-state index < -0.39 is 16.8 Å². The van der Waals surface area contributed by atoms with Crippen LogP contribution in [0.4, 0.5) is 0 Å². The van der Waals surface area contributed by atoms with Gasteiger partial charge >= 0.3 is 11.9 Å². The molecule has 0 fully saturated rings. The summed E-state index contributed by atoms with van der Waals surface area (Å²) in [6, 6.07) is 6.36. The number of carboxylic acid groups (broad SMARTS) is 2. The van der Waals surface area contributed by atoms with Gasteiger partial charge in [0.05, 0.1) is 5.56 Å². The molecule has 4 nitrogen and oxygen atoms in total. The Labute approximate surface area is 94.7 Å². The summed E-state index contributed by atoms with van der Waals surface area (Å²) in [7, 11) is 0. The van der Waals surface area contributed by atoms with E-state index in [2.05, 4.69) is 15.9 Å². The van der Waals surface area contributed by atoms with Crippen LogP contribution in [0, 0.1) is 0 Å². The van der Waals surface area contributed by atoms with Gasteiger partial charge in [-0.3, -0.25) is 4.79 Å². The Morgan fingerprint density at radius 2 is 1.87 bits per heavy atom. The van der Waals surface area contributed by atoms with Gasteiger partial charge in [0.1, 0.15) is 4.83 Å². The standard InChI is InChI=1S/C10H9BrO4/c11-8(10(14)15)5-6-3-1-2-4-7(6)9(12)13/h1-4,8H,5H2,(H,12,13)(H,14,15)/t8-/m1/s1. The largest absolute Gasteiger partial charge is 0.480 e. The van der Waals surface area contributed by atoms with Gasteiger partial charge < -0.3 is 10.2 Å². The number of aromatic carboxylic acids is 1. The Morgan fingerprint density at radius 1 is 1.27 bits per heavy atom. The van der Waals surface area contributed by atoms with Crippen molar-refractivity contribution in [1.29, 1.82) is 0 Å². The number of rotatable bonds is 4. The topological polar surface area (TPSA) is 74.6 Å². The van der Waals surface area contributed by atoms with E-state index in [4.69, 9.17) is 10.2 Å². The average Bonchev–Trinajstić information content (AvgIpc) is 2.18. The maximum Gasteiger partial charge on any atom is 0.335 e. The molecule has 0 aliphatic carbocycles. The van der Waals surface area contributed by atoms with E-state index in [1.54, 1.807) is 18.2 Å². The minimum atomic E-state index is -1.05. The van der Waals surface area contributed by atoms with Crippen molar-refractivity contribution < 1.29 is 19.8 Å². The molecule has 0 bridgehead atoms. The highest BCUT2D eigenvalue weighted by Gasteiger charge is 2.17. The molecule has 0 unspecified atom stereocenters. The zero-order valence-corrected chi connectivity index (χ0v) is 9.27. The number of halogens is 1. The molecule has 0 radical (unpaired) electrons. The zero-order chi connectivity index (χ0) is 11.4. The zero-order valence-electron chi connectivity index (χ0n) is 7.68. The Bertz CT molecular complexity index is 389. The Kier molecular flexibility index (Phi) is 3.85. The second kappa shape index (κ2) is 4.93. The van der Waals surface area contributed by atoms with Crippen molar-refractivity contribution in [3.63, 3.8) is 0 Å². The Morgan fingerprint density at radius 3 is 2.40 bits per heavy atom. The maximum absolute atomic E-state index is 10.8. The summed E-state index contributed by atoms with van der Waals surface area (Å²) in [5.74, 6) is -2.05. The first kappa shape index (κ1) is 11.7. The van der Waals surface area contributed by atoms with Gasteiger partial charge in [-0.2, -0.15) is 0 Å². The first-order valence-electron chi connectivity index (χ1n) is 4.20. The lowest BCUT2D eigenvalue weighted by molar-refractivity contribution is -0.136. The third kappa shape index (κ3) is 3.06. The van der Waals surface area contributed by atoms with Crippen LogP contribution in [-0.4, -0.2) is 27.0 Å². The number of hydrogen-bond acceptors (Lipinski definition) is 2. The van der Waals surface area contributed by atoms with Gasteiger partial charge in [0.15, 0.2) is 0 Å². The fourth-order valence-electron chi connectivity index (χ4n) is 1.19. The first-order chi connectivity index (χ1) is 7.02. The van der Waals surface area contributed by atoms with E-state index in [9.17, 15) is 9.59 Å².